The number of nitrogens with zero attached hydrogens (tertiary/aromatic N) is 1. The quantitative estimate of drug-likeness (QED) is 0.815. The van der Waals surface area contributed by atoms with Gasteiger partial charge in [-0.15, -0.1) is 0 Å². The lowest BCUT2D eigenvalue weighted by Gasteiger charge is -2.03. The van der Waals surface area contributed by atoms with E-state index in [2.05, 4.69) is 4.98 Å². The highest BCUT2D eigenvalue weighted by atomic mass is 19.1. The van der Waals surface area contributed by atoms with Crippen molar-refractivity contribution in [3.8, 4) is 0 Å². The van der Waals surface area contributed by atoms with Gasteiger partial charge >= 0.3 is 5.97 Å². The SMILES string of the molecule is O=C(O)Cc1cccc2ncc(F)cc12. The molecule has 76 valence electrons. The maximum atomic E-state index is 12.9. The first-order valence-electron chi connectivity index (χ1n) is 4.42. The Morgan fingerprint density at radius 2 is 2.27 bits per heavy atom. The van der Waals surface area contributed by atoms with Crippen molar-refractivity contribution >= 4 is 16.9 Å². The summed E-state index contributed by atoms with van der Waals surface area (Å²) in [5.41, 5.74) is 1.18. The Morgan fingerprint density at radius 3 is 3.00 bits per heavy atom. The molecule has 0 saturated carbocycles. The normalized spacial score (nSPS) is 10.5. The highest BCUT2D eigenvalue weighted by molar-refractivity contribution is 5.85. The Kier molecular flexibility index (Phi) is 2.33. The maximum Gasteiger partial charge on any atom is 0.307 e. The number of aliphatic carboxylic acids is 1. The summed E-state index contributed by atoms with van der Waals surface area (Å²) in [5, 5.41) is 9.24. The van der Waals surface area contributed by atoms with Crippen LogP contribution in [0.1, 0.15) is 5.56 Å². The molecule has 0 radical (unpaired) electrons. The van der Waals surface area contributed by atoms with Crippen LogP contribution < -0.4 is 0 Å². The zero-order valence-electron chi connectivity index (χ0n) is 7.77. The number of carboxylic acid groups (broad SMARTS) is 1. The smallest absolute Gasteiger partial charge is 0.307 e. The molecule has 2 rings (SSSR count). The highest BCUT2D eigenvalue weighted by Gasteiger charge is 2.06. The van der Waals surface area contributed by atoms with Crippen molar-refractivity contribution < 1.29 is 14.3 Å². The summed E-state index contributed by atoms with van der Waals surface area (Å²) >= 11 is 0. The molecule has 0 atom stereocenters. The van der Waals surface area contributed by atoms with Crippen molar-refractivity contribution in [2.45, 2.75) is 6.42 Å². The molecule has 1 aromatic heterocycles. The lowest BCUT2D eigenvalue weighted by atomic mass is 10.1. The Labute approximate surface area is 85.2 Å². The number of rotatable bonds is 2. The maximum absolute atomic E-state index is 12.9. The van der Waals surface area contributed by atoms with E-state index in [1.807, 2.05) is 0 Å². The Hall–Kier alpha value is -1.97. The van der Waals surface area contributed by atoms with Gasteiger partial charge in [0.15, 0.2) is 0 Å². The van der Waals surface area contributed by atoms with E-state index >= 15 is 0 Å². The molecule has 0 unspecified atom stereocenters. The van der Waals surface area contributed by atoms with Crippen LogP contribution >= 0.6 is 0 Å². The number of fused-ring (bicyclic) bond motifs is 1. The van der Waals surface area contributed by atoms with Crippen LogP contribution in [0.4, 0.5) is 4.39 Å². The summed E-state index contributed by atoms with van der Waals surface area (Å²) in [5.74, 6) is -1.40. The molecule has 0 aliphatic rings. The first-order valence-corrected chi connectivity index (χ1v) is 4.42. The standard InChI is InChI=1S/C11H8FNO2/c12-8-5-9-7(4-11(14)15)2-1-3-10(9)13-6-8/h1-3,5-6H,4H2,(H,14,15). The van der Waals surface area contributed by atoms with Crippen molar-refractivity contribution in [2.75, 3.05) is 0 Å². The lowest BCUT2D eigenvalue weighted by Crippen LogP contribution is -2.01. The fourth-order valence-electron chi connectivity index (χ4n) is 1.50. The van der Waals surface area contributed by atoms with E-state index in [9.17, 15) is 9.18 Å². The van der Waals surface area contributed by atoms with Gasteiger partial charge in [-0.1, -0.05) is 12.1 Å². The summed E-state index contributed by atoms with van der Waals surface area (Å²) in [6.07, 6.45) is 0.995. The van der Waals surface area contributed by atoms with Gasteiger partial charge in [0.1, 0.15) is 5.82 Å². The number of hydrogen-bond acceptors (Lipinski definition) is 2. The van der Waals surface area contributed by atoms with Gasteiger partial charge in [0.25, 0.3) is 0 Å². The van der Waals surface area contributed by atoms with Crippen LogP contribution in [0, 0.1) is 5.82 Å². The minimum Gasteiger partial charge on any atom is -0.481 e. The van der Waals surface area contributed by atoms with Gasteiger partial charge in [-0.2, -0.15) is 0 Å². The van der Waals surface area contributed by atoms with Gasteiger partial charge < -0.3 is 5.11 Å². The van der Waals surface area contributed by atoms with E-state index < -0.39 is 11.8 Å². The molecule has 0 bridgehead atoms. The number of halogens is 1. The van der Waals surface area contributed by atoms with E-state index in [-0.39, 0.29) is 6.42 Å². The largest absolute Gasteiger partial charge is 0.481 e. The Morgan fingerprint density at radius 1 is 1.47 bits per heavy atom. The summed E-state index contributed by atoms with van der Waals surface area (Å²) < 4.78 is 12.9. The zero-order chi connectivity index (χ0) is 10.8. The fraction of sp³-hybridized carbons (Fsp3) is 0.0909. The number of hydrogen-bond donors (Lipinski definition) is 1. The van der Waals surface area contributed by atoms with Crippen LogP contribution in [0.3, 0.4) is 0 Å². The third kappa shape index (κ3) is 1.93. The molecule has 0 saturated heterocycles. The van der Waals surface area contributed by atoms with Gasteiger partial charge in [0.05, 0.1) is 18.1 Å². The summed E-state index contributed by atoms with van der Waals surface area (Å²) in [4.78, 5) is 14.5. The second-order valence-corrected chi connectivity index (χ2v) is 3.21. The Balaban J connectivity index is 2.63. The van der Waals surface area contributed by atoms with Crippen molar-refractivity contribution in [3.63, 3.8) is 0 Å². The summed E-state index contributed by atoms with van der Waals surface area (Å²) in [6.45, 7) is 0. The van der Waals surface area contributed by atoms with E-state index in [4.69, 9.17) is 5.11 Å². The van der Waals surface area contributed by atoms with Crippen molar-refractivity contribution in [1.82, 2.24) is 4.98 Å². The number of aromatic nitrogens is 1. The number of pyridine rings is 1. The summed E-state index contributed by atoms with van der Waals surface area (Å²) in [6, 6.07) is 6.41. The van der Waals surface area contributed by atoms with E-state index in [1.165, 1.54) is 6.07 Å². The van der Waals surface area contributed by atoms with Crippen LogP contribution in [0.25, 0.3) is 10.9 Å². The van der Waals surface area contributed by atoms with Crippen LogP contribution in [-0.2, 0) is 11.2 Å². The van der Waals surface area contributed by atoms with Crippen molar-refractivity contribution in [2.24, 2.45) is 0 Å². The number of carboxylic acids is 1. The fourth-order valence-corrected chi connectivity index (χ4v) is 1.50. The highest BCUT2D eigenvalue weighted by Crippen LogP contribution is 2.18. The minimum atomic E-state index is -0.938. The molecule has 0 aliphatic heterocycles. The first-order chi connectivity index (χ1) is 7.16. The topological polar surface area (TPSA) is 50.2 Å². The third-order valence-electron chi connectivity index (χ3n) is 2.12. The molecule has 0 fully saturated rings. The van der Waals surface area contributed by atoms with E-state index in [0.717, 1.165) is 6.20 Å². The van der Waals surface area contributed by atoms with Crippen LogP contribution in [0.15, 0.2) is 30.5 Å². The molecule has 1 N–H and O–H groups in total. The molecular weight excluding hydrogens is 197 g/mol. The molecule has 4 heteroatoms. The molecule has 0 spiro atoms. The summed E-state index contributed by atoms with van der Waals surface area (Å²) in [7, 11) is 0. The third-order valence-corrected chi connectivity index (χ3v) is 2.12. The molecule has 15 heavy (non-hydrogen) atoms. The number of benzene rings is 1. The monoisotopic (exact) mass is 205 g/mol. The average molecular weight is 205 g/mol. The van der Waals surface area contributed by atoms with Crippen molar-refractivity contribution in [1.29, 1.82) is 0 Å². The van der Waals surface area contributed by atoms with Gasteiger partial charge in [-0.3, -0.25) is 9.78 Å². The predicted molar refractivity (Wildman–Crippen MR) is 53.0 cm³/mol. The second kappa shape index (κ2) is 3.65. The average Bonchev–Trinajstić information content (AvgIpc) is 2.18. The minimum absolute atomic E-state index is 0.123. The number of carbonyl (C=O) groups is 1. The van der Waals surface area contributed by atoms with E-state index in [0.29, 0.717) is 16.5 Å². The molecular formula is C11H8FNO2. The van der Waals surface area contributed by atoms with Gasteiger partial charge in [-0.25, -0.2) is 4.39 Å². The zero-order valence-corrected chi connectivity index (χ0v) is 7.77. The van der Waals surface area contributed by atoms with Crippen LogP contribution in [0.5, 0.6) is 0 Å². The Bertz CT molecular complexity index is 525. The van der Waals surface area contributed by atoms with Gasteiger partial charge in [0.2, 0.25) is 0 Å². The van der Waals surface area contributed by atoms with Crippen LogP contribution in [0.2, 0.25) is 0 Å². The molecule has 3 nitrogen and oxygen atoms in total. The predicted octanol–water partition coefficient (Wildman–Crippen LogP) is 2.00. The van der Waals surface area contributed by atoms with Gasteiger partial charge in [0, 0.05) is 5.39 Å². The first kappa shape index (κ1) is 9.58. The molecule has 0 aliphatic carbocycles. The van der Waals surface area contributed by atoms with Crippen LogP contribution in [-0.4, -0.2) is 16.1 Å². The van der Waals surface area contributed by atoms with E-state index in [1.54, 1.807) is 18.2 Å². The molecule has 1 heterocycles. The lowest BCUT2D eigenvalue weighted by molar-refractivity contribution is -0.136. The second-order valence-electron chi connectivity index (χ2n) is 3.21. The molecule has 2 aromatic rings. The molecule has 1 aromatic carbocycles. The molecule has 0 amide bonds. The van der Waals surface area contributed by atoms with Gasteiger partial charge in [-0.05, 0) is 17.7 Å². The van der Waals surface area contributed by atoms with Crippen molar-refractivity contribution in [3.05, 3.63) is 41.8 Å².